The number of amides is 2. The standard InChI is InChI=1S/C40H53ClF3N3O10S/c1-9-23-19-39(23,35(51)46-58(52,53)57-38(14-15-38)22-40(42,43)44)20-29(48)28-16-24(55-30-18-31(54-10-2)45-33-25(30)12-11-13-27(33)41)21-47(28)34(50)26(36(3,4)5)17-32(49)56-37(6,7)8/h11-13,18,23-24,26,28H,9-10,14-17,19-22H2,1-8H3,(H,46,51)/t23-,24-,26-,28+,39-/m1/s1. The Morgan fingerprint density at radius 1 is 1.07 bits per heavy atom. The van der Waals surface area contributed by atoms with Crippen molar-refractivity contribution in [3.8, 4) is 11.6 Å². The van der Waals surface area contributed by atoms with Gasteiger partial charge in [0.25, 0.3) is 0 Å². The Balaban J connectivity index is 1.45. The number of likely N-dealkylation sites (tertiary alicyclic amines) is 1. The molecule has 1 aromatic heterocycles. The number of rotatable bonds is 16. The molecular formula is C40H53ClF3N3O10S. The van der Waals surface area contributed by atoms with Crippen molar-refractivity contribution in [2.24, 2.45) is 22.7 Å². The van der Waals surface area contributed by atoms with Gasteiger partial charge >= 0.3 is 22.4 Å². The molecule has 0 unspecified atom stereocenters. The van der Waals surface area contributed by atoms with E-state index in [0.29, 0.717) is 34.7 Å². The van der Waals surface area contributed by atoms with E-state index in [2.05, 4.69) is 4.98 Å². The van der Waals surface area contributed by atoms with Crippen molar-refractivity contribution in [2.45, 2.75) is 136 Å². The number of para-hydroxylation sites is 1. The number of hydrogen-bond donors (Lipinski definition) is 1. The summed E-state index contributed by atoms with van der Waals surface area (Å²) in [5.41, 5.74) is -4.71. The van der Waals surface area contributed by atoms with E-state index in [0.717, 1.165) is 0 Å². The third-order valence-electron chi connectivity index (χ3n) is 10.9. The number of ether oxygens (including phenoxy) is 3. The number of hydrogen-bond acceptors (Lipinski definition) is 11. The molecule has 3 aliphatic rings. The van der Waals surface area contributed by atoms with Crippen LogP contribution in [0.15, 0.2) is 24.3 Å². The number of fused-ring (bicyclic) bond motifs is 1. The van der Waals surface area contributed by atoms with Crippen LogP contribution in [0.5, 0.6) is 11.6 Å². The van der Waals surface area contributed by atoms with Crippen molar-refractivity contribution in [2.75, 3.05) is 13.2 Å². The molecule has 2 aromatic rings. The fourth-order valence-electron chi connectivity index (χ4n) is 7.79. The lowest BCUT2D eigenvalue weighted by Crippen LogP contribution is -2.49. The highest BCUT2D eigenvalue weighted by Gasteiger charge is 2.62. The molecule has 58 heavy (non-hydrogen) atoms. The number of Topliss-reactive ketones (excluding diaryl/α,β-unsaturated/α-hetero) is 1. The van der Waals surface area contributed by atoms with Gasteiger partial charge in [0.05, 0.1) is 59.5 Å². The molecule has 2 heterocycles. The van der Waals surface area contributed by atoms with Gasteiger partial charge in [0.2, 0.25) is 17.7 Å². The van der Waals surface area contributed by atoms with E-state index in [4.69, 9.17) is 30.0 Å². The molecular weight excluding hydrogens is 807 g/mol. The highest BCUT2D eigenvalue weighted by molar-refractivity contribution is 7.85. The smallest absolute Gasteiger partial charge is 0.391 e. The number of halogens is 4. The van der Waals surface area contributed by atoms with Gasteiger partial charge in [-0.3, -0.25) is 19.2 Å². The zero-order valence-electron chi connectivity index (χ0n) is 34.1. The van der Waals surface area contributed by atoms with Gasteiger partial charge in [0.15, 0.2) is 5.78 Å². The van der Waals surface area contributed by atoms with Crippen LogP contribution in [0.4, 0.5) is 13.2 Å². The van der Waals surface area contributed by atoms with Crippen LogP contribution in [0.25, 0.3) is 10.9 Å². The maximum Gasteiger partial charge on any atom is 0.391 e. The number of carbonyl (C=O) groups is 4. The Bertz CT molecular complexity index is 2030. The summed E-state index contributed by atoms with van der Waals surface area (Å²) in [4.78, 5) is 62.0. The third-order valence-corrected chi connectivity index (χ3v) is 12.2. The molecule has 0 spiro atoms. The zero-order chi connectivity index (χ0) is 43.2. The van der Waals surface area contributed by atoms with Crippen LogP contribution < -0.4 is 14.2 Å². The first-order valence-electron chi connectivity index (χ1n) is 19.5. The lowest BCUT2D eigenvalue weighted by Gasteiger charge is -2.35. The fraction of sp³-hybridized carbons (Fsp3) is 0.675. The largest absolute Gasteiger partial charge is 0.488 e. The van der Waals surface area contributed by atoms with E-state index in [-0.39, 0.29) is 44.5 Å². The van der Waals surface area contributed by atoms with E-state index in [1.165, 1.54) is 4.90 Å². The zero-order valence-corrected chi connectivity index (χ0v) is 35.7. The number of nitrogens with one attached hydrogen (secondary N) is 1. The minimum Gasteiger partial charge on any atom is -0.488 e. The Hall–Kier alpha value is -3.70. The van der Waals surface area contributed by atoms with E-state index in [1.807, 2.05) is 0 Å². The summed E-state index contributed by atoms with van der Waals surface area (Å²) in [5.74, 6) is -3.56. The maximum atomic E-state index is 14.7. The van der Waals surface area contributed by atoms with Crippen LogP contribution in [-0.2, 0) is 38.4 Å². The first kappa shape index (κ1) is 45.4. The Morgan fingerprint density at radius 3 is 2.29 bits per heavy atom. The van der Waals surface area contributed by atoms with E-state index in [9.17, 15) is 40.8 Å². The monoisotopic (exact) mass is 859 g/mol. The van der Waals surface area contributed by atoms with E-state index >= 15 is 0 Å². The molecule has 322 valence electrons. The van der Waals surface area contributed by atoms with E-state index < -0.39 is 98.9 Å². The van der Waals surface area contributed by atoms with Gasteiger partial charge in [-0.25, -0.2) is 13.9 Å². The number of pyridine rings is 1. The molecule has 1 saturated heterocycles. The molecule has 0 radical (unpaired) electrons. The molecule has 5 atom stereocenters. The molecule has 1 aliphatic heterocycles. The molecule has 2 aliphatic carbocycles. The summed E-state index contributed by atoms with van der Waals surface area (Å²) in [6.45, 7) is 14.3. The first-order valence-corrected chi connectivity index (χ1v) is 21.3. The van der Waals surface area contributed by atoms with Crippen LogP contribution in [0.1, 0.15) is 107 Å². The molecule has 3 fully saturated rings. The second-order valence-corrected chi connectivity index (χ2v) is 19.5. The predicted octanol–water partition coefficient (Wildman–Crippen LogP) is 7.27. The highest BCUT2D eigenvalue weighted by Crippen LogP contribution is 2.58. The number of esters is 1. The summed E-state index contributed by atoms with van der Waals surface area (Å²) in [5, 5.41) is 0.890. The summed E-state index contributed by atoms with van der Waals surface area (Å²) in [6, 6.07) is 5.55. The van der Waals surface area contributed by atoms with Gasteiger partial charge < -0.3 is 19.1 Å². The third kappa shape index (κ3) is 10.9. The summed E-state index contributed by atoms with van der Waals surface area (Å²) in [6.07, 6.45) is -7.57. The van der Waals surface area contributed by atoms with Crippen molar-refractivity contribution in [1.29, 1.82) is 0 Å². The van der Waals surface area contributed by atoms with Gasteiger partial charge in [-0.05, 0) is 70.4 Å². The summed E-state index contributed by atoms with van der Waals surface area (Å²) >= 11 is 6.49. The summed E-state index contributed by atoms with van der Waals surface area (Å²) in [7, 11) is -4.99. The normalized spacial score (nSPS) is 23.6. The van der Waals surface area contributed by atoms with Crippen LogP contribution >= 0.6 is 11.6 Å². The average molecular weight is 860 g/mol. The van der Waals surface area contributed by atoms with Crippen LogP contribution in [0.2, 0.25) is 5.02 Å². The molecule has 18 heteroatoms. The maximum absolute atomic E-state index is 14.7. The lowest BCUT2D eigenvalue weighted by atomic mass is 9.77. The van der Waals surface area contributed by atoms with Crippen molar-refractivity contribution in [1.82, 2.24) is 14.6 Å². The van der Waals surface area contributed by atoms with Gasteiger partial charge in [-0.1, -0.05) is 51.8 Å². The fourth-order valence-corrected chi connectivity index (χ4v) is 9.17. The average Bonchev–Trinajstić information content (AvgIpc) is 3.94. The van der Waals surface area contributed by atoms with Gasteiger partial charge in [0.1, 0.15) is 17.5 Å². The molecule has 1 N–H and O–H groups in total. The second-order valence-electron chi connectivity index (χ2n) is 17.8. The molecule has 13 nitrogen and oxygen atoms in total. The number of aromatic nitrogens is 1. The molecule has 5 rings (SSSR count). The number of alkyl halides is 3. The lowest BCUT2D eigenvalue weighted by molar-refractivity contribution is -0.161. The van der Waals surface area contributed by atoms with E-state index in [1.54, 1.807) is 84.4 Å². The molecule has 2 saturated carbocycles. The molecule has 1 aromatic carbocycles. The Morgan fingerprint density at radius 2 is 1.74 bits per heavy atom. The minimum atomic E-state index is -4.99. The van der Waals surface area contributed by atoms with Gasteiger partial charge in [0, 0.05) is 24.3 Å². The van der Waals surface area contributed by atoms with Crippen LogP contribution in [-0.4, -0.2) is 84.5 Å². The number of carbonyl (C=O) groups excluding carboxylic acids is 4. The van der Waals surface area contributed by atoms with Crippen LogP contribution in [0.3, 0.4) is 0 Å². The molecule has 2 amide bonds. The van der Waals surface area contributed by atoms with Crippen LogP contribution in [0, 0.1) is 22.7 Å². The Labute approximate surface area is 342 Å². The molecule has 0 bridgehead atoms. The topological polar surface area (TPSA) is 167 Å². The van der Waals surface area contributed by atoms with Crippen molar-refractivity contribution in [3.05, 3.63) is 29.3 Å². The number of ketones is 1. The Kier molecular flexibility index (Phi) is 12.8. The summed E-state index contributed by atoms with van der Waals surface area (Å²) < 4.78 is 89.8. The second kappa shape index (κ2) is 16.4. The first-order chi connectivity index (χ1) is 26.7. The van der Waals surface area contributed by atoms with Gasteiger partial charge in [-0.2, -0.15) is 21.6 Å². The van der Waals surface area contributed by atoms with Gasteiger partial charge in [-0.15, -0.1) is 0 Å². The number of benzene rings is 1. The SMILES string of the molecule is CCOc1cc(O[C@@H]2C[C@@H](C(=O)C[C@]3(C(=O)NS(=O)(=O)OC4(CC(F)(F)F)CC4)C[C@H]3CC)N(C(=O)[C@@H](CC(=O)OC(C)(C)C)C(C)(C)C)C2)c2cccc(Cl)c2n1. The van der Waals surface area contributed by atoms with Crippen molar-refractivity contribution >= 4 is 56.4 Å². The quantitative estimate of drug-likeness (QED) is 0.169. The minimum absolute atomic E-state index is 0.0297. The van der Waals surface area contributed by atoms with Crippen molar-refractivity contribution in [3.63, 3.8) is 0 Å². The number of nitrogens with zero attached hydrogens (tertiary/aromatic N) is 2. The highest BCUT2D eigenvalue weighted by atomic mass is 35.5. The predicted molar refractivity (Wildman–Crippen MR) is 207 cm³/mol. The van der Waals surface area contributed by atoms with Crippen molar-refractivity contribution < 1.29 is 59.2 Å².